The number of amides is 1. The summed E-state index contributed by atoms with van der Waals surface area (Å²) in [6.45, 7) is 8.48. The molecule has 5 nitrogen and oxygen atoms in total. The zero-order valence-electron chi connectivity index (χ0n) is 15.4. The lowest BCUT2D eigenvalue weighted by Gasteiger charge is -2.33. The SMILES string of the molecule is CNc1nc2cc(C3=CCC(C)CN3C(=O)OC(C)(C)C)ccc2s1. The number of hydrogen-bond donors (Lipinski definition) is 1. The van der Waals surface area contributed by atoms with Crippen molar-refractivity contribution >= 4 is 38.5 Å². The maximum Gasteiger partial charge on any atom is 0.414 e. The summed E-state index contributed by atoms with van der Waals surface area (Å²) < 4.78 is 6.74. The standard InChI is InChI=1S/C19H25N3O2S/c1-12-6-8-15(22(11-12)18(23)24-19(2,3)4)13-7-9-16-14(10-13)21-17(20-5)25-16/h7-10,12H,6,11H2,1-5H3,(H,20,21). The van der Waals surface area contributed by atoms with Gasteiger partial charge in [0.25, 0.3) is 0 Å². The van der Waals surface area contributed by atoms with E-state index < -0.39 is 5.60 Å². The van der Waals surface area contributed by atoms with Gasteiger partial charge < -0.3 is 10.1 Å². The monoisotopic (exact) mass is 359 g/mol. The van der Waals surface area contributed by atoms with Crippen LogP contribution in [0.3, 0.4) is 0 Å². The molecule has 0 saturated carbocycles. The van der Waals surface area contributed by atoms with Crippen LogP contribution in [0.2, 0.25) is 0 Å². The molecule has 1 N–H and O–H groups in total. The highest BCUT2D eigenvalue weighted by Gasteiger charge is 2.29. The topological polar surface area (TPSA) is 54.5 Å². The van der Waals surface area contributed by atoms with Crippen LogP contribution in [0.15, 0.2) is 24.3 Å². The first kappa shape index (κ1) is 17.7. The molecule has 0 fully saturated rings. The minimum Gasteiger partial charge on any atom is -0.443 e. The second-order valence-electron chi connectivity index (χ2n) is 7.47. The molecule has 0 bridgehead atoms. The summed E-state index contributed by atoms with van der Waals surface area (Å²) in [5, 5.41) is 3.97. The number of fused-ring (bicyclic) bond motifs is 1. The van der Waals surface area contributed by atoms with Gasteiger partial charge in [-0.15, -0.1) is 0 Å². The molecule has 1 aliphatic rings. The molecule has 2 heterocycles. The van der Waals surface area contributed by atoms with E-state index in [-0.39, 0.29) is 6.09 Å². The number of ether oxygens (including phenoxy) is 1. The Hall–Kier alpha value is -2.08. The molecule has 3 rings (SSSR count). The Morgan fingerprint density at radius 3 is 2.84 bits per heavy atom. The third-order valence-corrected chi connectivity index (χ3v) is 5.06. The predicted octanol–water partition coefficient (Wildman–Crippen LogP) is 4.96. The van der Waals surface area contributed by atoms with E-state index in [1.165, 1.54) is 0 Å². The van der Waals surface area contributed by atoms with Gasteiger partial charge in [-0.3, -0.25) is 4.90 Å². The number of hydrogen-bond acceptors (Lipinski definition) is 5. The third kappa shape index (κ3) is 3.95. The van der Waals surface area contributed by atoms with E-state index in [4.69, 9.17) is 4.74 Å². The van der Waals surface area contributed by atoms with Crippen LogP contribution >= 0.6 is 11.3 Å². The third-order valence-electron chi connectivity index (χ3n) is 4.01. The quantitative estimate of drug-likeness (QED) is 0.824. The highest BCUT2D eigenvalue weighted by Crippen LogP contribution is 2.33. The fraction of sp³-hybridized carbons (Fsp3) is 0.474. The first-order chi connectivity index (χ1) is 11.8. The molecule has 0 saturated heterocycles. The van der Waals surface area contributed by atoms with Gasteiger partial charge in [0.15, 0.2) is 5.13 Å². The average molecular weight is 359 g/mol. The molecule has 1 atom stereocenters. The highest BCUT2D eigenvalue weighted by atomic mass is 32.1. The molecular weight excluding hydrogens is 334 g/mol. The van der Waals surface area contributed by atoms with E-state index in [2.05, 4.69) is 35.4 Å². The van der Waals surface area contributed by atoms with Crippen LogP contribution in [0.4, 0.5) is 9.93 Å². The van der Waals surface area contributed by atoms with Gasteiger partial charge in [-0.25, -0.2) is 9.78 Å². The molecule has 1 amide bonds. The molecule has 1 unspecified atom stereocenters. The van der Waals surface area contributed by atoms with Crippen LogP contribution < -0.4 is 5.32 Å². The Labute approximate surface area is 152 Å². The van der Waals surface area contributed by atoms with Gasteiger partial charge >= 0.3 is 6.09 Å². The number of benzene rings is 1. The molecule has 0 radical (unpaired) electrons. The Morgan fingerprint density at radius 2 is 2.16 bits per heavy atom. The number of nitrogens with zero attached hydrogens (tertiary/aromatic N) is 2. The zero-order chi connectivity index (χ0) is 18.2. The second-order valence-corrected chi connectivity index (χ2v) is 8.50. The lowest BCUT2D eigenvalue weighted by molar-refractivity contribution is 0.0327. The van der Waals surface area contributed by atoms with Crippen molar-refractivity contribution in [2.24, 2.45) is 5.92 Å². The fourth-order valence-electron chi connectivity index (χ4n) is 2.86. The summed E-state index contributed by atoms with van der Waals surface area (Å²) in [5.74, 6) is 0.412. The molecule has 6 heteroatoms. The number of carbonyl (C=O) groups is 1. The van der Waals surface area contributed by atoms with Crippen molar-refractivity contribution in [1.29, 1.82) is 0 Å². The maximum atomic E-state index is 12.7. The van der Waals surface area contributed by atoms with E-state index >= 15 is 0 Å². The minimum atomic E-state index is -0.510. The minimum absolute atomic E-state index is 0.292. The number of thiazole rings is 1. The van der Waals surface area contributed by atoms with Crippen LogP contribution in [-0.4, -0.2) is 35.2 Å². The van der Waals surface area contributed by atoms with Gasteiger partial charge in [-0.1, -0.05) is 30.4 Å². The van der Waals surface area contributed by atoms with Gasteiger partial charge in [-0.05, 0) is 45.2 Å². The second kappa shape index (κ2) is 6.67. The van der Waals surface area contributed by atoms with Gasteiger partial charge in [0, 0.05) is 19.2 Å². The van der Waals surface area contributed by atoms with E-state index in [0.717, 1.165) is 33.0 Å². The molecule has 0 spiro atoms. The Morgan fingerprint density at radius 1 is 1.40 bits per heavy atom. The van der Waals surface area contributed by atoms with Crippen molar-refractivity contribution in [2.75, 3.05) is 18.9 Å². The first-order valence-electron chi connectivity index (χ1n) is 8.56. The first-order valence-corrected chi connectivity index (χ1v) is 9.38. The van der Waals surface area contributed by atoms with Crippen LogP contribution in [-0.2, 0) is 4.74 Å². The van der Waals surface area contributed by atoms with Gasteiger partial charge in [-0.2, -0.15) is 0 Å². The molecule has 1 aliphatic heterocycles. The van der Waals surface area contributed by atoms with Crippen LogP contribution in [0, 0.1) is 5.92 Å². The summed E-state index contributed by atoms with van der Waals surface area (Å²) >= 11 is 1.62. The molecule has 25 heavy (non-hydrogen) atoms. The molecule has 1 aromatic carbocycles. The molecule has 1 aromatic heterocycles. The summed E-state index contributed by atoms with van der Waals surface area (Å²) in [6, 6.07) is 6.17. The Kier molecular flexibility index (Phi) is 4.73. The summed E-state index contributed by atoms with van der Waals surface area (Å²) in [7, 11) is 1.87. The van der Waals surface area contributed by atoms with Crippen LogP contribution in [0.5, 0.6) is 0 Å². The molecule has 0 aliphatic carbocycles. The smallest absolute Gasteiger partial charge is 0.414 e. The number of rotatable bonds is 2. The number of anilines is 1. The summed E-state index contributed by atoms with van der Waals surface area (Å²) in [5.41, 5.74) is 2.34. The number of allylic oxidation sites excluding steroid dienone is 1. The number of aromatic nitrogens is 1. The number of carbonyl (C=O) groups excluding carboxylic acids is 1. The molecule has 134 valence electrons. The van der Waals surface area contributed by atoms with Crippen LogP contribution in [0.1, 0.15) is 39.7 Å². The van der Waals surface area contributed by atoms with Crippen molar-refractivity contribution in [3.05, 3.63) is 29.8 Å². The Bertz CT molecular complexity index is 820. The highest BCUT2D eigenvalue weighted by molar-refractivity contribution is 7.22. The average Bonchev–Trinajstić information content (AvgIpc) is 2.95. The van der Waals surface area contributed by atoms with Gasteiger partial charge in [0.2, 0.25) is 0 Å². The molecular formula is C19H25N3O2S. The zero-order valence-corrected chi connectivity index (χ0v) is 16.2. The van der Waals surface area contributed by atoms with Gasteiger partial charge in [0.05, 0.1) is 15.9 Å². The van der Waals surface area contributed by atoms with E-state index in [1.54, 1.807) is 16.2 Å². The van der Waals surface area contributed by atoms with Crippen LogP contribution in [0.25, 0.3) is 15.9 Å². The lowest BCUT2D eigenvalue weighted by atomic mass is 9.98. The fourth-order valence-corrected chi connectivity index (χ4v) is 3.66. The van der Waals surface area contributed by atoms with Crippen molar-refractivity contribution in [3.63, 3.8) is 0 Å². The largest absolute Gasteiger partial charge is 0.443 e. The summed E-state index contributed by atoms with van der Waals surface area (Å²) in [4.78, 5) is 19.0. The summed E-state index contributed by atoms with van der Waals surface area (Å²) in [6.07, 6.45) is 2.79. The maximum absolute atomic E-state index is 12.7. The normalized spacial score (nSPS) is 18.2. The lowest BCUT2D eigenvalue weighted by Crippen LogP contribution is -2.39. The predicted molar refractivity (Wildman–Crippen MR) is 104 cm³/mol. The Balaban J connectivity index is 1.95. The van der Waals surface area contributed by atoms with E-state index in [0.29, 0.717) is 12.5 Å². The van der Waals surface area contributed by atoms with Crippen molar-refractivity contribution in [1.82, 2.24) is 9.88 Å². The van der Waals surface area contributed by atoms with Gasteiger partial charge in [0.1, 0.15) is 5.60 Å². The van der Waals surface area contributed by atoms with E-state index in [9.17, 15) is 4.79 Å². The van der Waals surface area contributed by atoms with Crippen molar-refractivity contribution in [2.45, 2.75) is 39.7 Å². The van der Waals surface area contributed by atoms with Crippen molar-refractivity contribution in [3.8, 4) is 0 Å². The molecule has 2 aromatic rings. The van der Waals surface area contributed by atoms with Crippen molar-refractivity contribution < 1.29 is 9.53 Å². The number of nitrogens with one attached hydrogen (secondary N) is 1. The van der Waals surface area contributed by atoms with E-state index in [1.807, 2.05) is 33.9 Å².